The minimum atomic E-state index is -3.25. The van der Waals surface area contributed by atoms with E-state index in [1.165, 1.54) is 12.8 Å². The van der Waals surface area contributed by atoms with E-state index in [2.05, 4.69) is 11.6 Å². The van der Waals surface area contributed by atoms with E-state index in [4.69, 9.17) is 5.73 Å². The normalized spacial score (nSPS) is 23.1. The average molecular weight is 296 g/mol. The van der Waals surface area contributed by atoms with Gasteiger partial charge in [0, 0.05) is 13.1 Å². The number of nitrogens with two attached hydrogens (primary N) is 1. The van der Waals surface area contributed by atoms with Crippen LogP contribution in [0.1, 0.15) is 37.3 Å². The summed E-state index contributed by atoms with van der Waals surface area (Å²) in [6.45, 7) is 3.26. The Morgan fingerprint density at radius 2 is 1.85 bits per heavy atom. The molecular weight excluding hydrogens is 272 g/mol. The van der Waals surface area contributed by atoms with Gasteiger partial charge >= 0.3 is 0 Å². The molecule has 1 aliphatic rings. The highest BCUT2D eigenvalue weighted by atomic mass is 32.2. The maximum absolute atomic E-state index is 12.1. The molecule has 0 aliphatic heterocycles. The van der Waals surface area contributed by atoms with Gasteiger partial charge in [0.2, 0.25) is 10.0 Å². The second-order valence-electron chi connectivity index (χ2n) is 5.80. The molecule has 1 saturated carbocycles. The average Bonchev–Trinajstić information content (AvgIpc) is 2.83. The summed E-state index contributed by atoms with van der Waals surface area (Å²) >= 11 is 0. The fraction of sp³-hybridized carbons (Fsp3) is 0.600. The SMILES string of the molecule is CC1CCCC1CNS(=O)(=O)Cc1ccc(CN)cc1. The Labute approximate surface area is 121 Å². The fourth-order valence-electron chi connectivity index (χ4n) is 2.80. The predicted octanol–water partition coefficient (Wildman–Crippen LogP) is 2.00. The molecule has 1 aliphatic carbocycles. The van der Waals surface area contributed by atoms with E-state index in [0.29, 0.717) is 24.9 Å². The highest BCUT2D eigenvalue weighted by molar-refractivity contribution is 7.88. The lowest BCUT2D eigenvalue weighted by atomic mass is 9.99. The van der Waals surface area contributed by atoms with Crippen molar-refractivity contribution >= 4 is 10.0 Å². The molecule has 0 spiro atoms. The highest BCUT2D eigenvalue weighted by Crippen LogP contribution is 2.30. The number of hydrogen-bond donors (Lipinski definition) is 2. The van der Waals surface area contributed by atoms with Crippen LogP contribution in [0.2, 0.25) is 0 Å². The number of sulfonamides is 1. The van der Waals surface area contributed by atoms with Crippen LogP contribution in [0.5, 0.6) is 0 Å². The molecule has 2 unspecified atom stereocenters. The van der Waals surface area contributed by atoms with E-state index in [0.717, 1.165) is 17.5 Å². The van der Waals surface area contributed by atoms with Crippen molar-refractivity contribution in [2.24, 2.45) is 17.6 Å². The molecule has 20 heavy (non-hydrogen) atoms. The second kappa shape index (κ2) is 6.70. The lowest BCUT2D eigenvalue weighted by molar-refractivity contribution is 0.414. The number of nitrogens with one attached hydrogen (secondary N) is 1. The van der Waals surface area contributed by atoms with Crippen molar-refractivity contribution in [2.45, 2.75) is 38.5 Å². The van der Waals surface area contributed by atoms with Crippen LogP contribution in [-0.4, -0.2) is 15.0 Å². The maximum Gasteiger partial charge on any atom is 0.215 e. The van der Waals surface area contributed by atoms with Crippen molar-refractivity contribution in [1.29, 1.82) is 0 Å². The molecule has 2 rings (SSSR count). The van der Waals surface area contributed by atoms with Gasteiger partial charge < -0.3 is 5.73 Å². The van der Waals surface area contributed by atoms with Gasteiger partial charge in [-0.2, -0.15) is 0 Å². The van der Waals surface area contributed by atoms with Crippen LogP contribution in [0.15, 0.2) is 24.3 Å². The molecule has 1 fully saturated rings. The predicted molar refractivity (Wildman–Crippen MR) is 81.5 cm³/mol. The van der Waals surface area contributed by atoms with E-state index in [-0.39, 0.29) is 5.75 Å². The fourth-order valence-corrected chi connectivity index (χ4v) is 4.00. The third kappa shape index (κ3) is 4.30. The standard InChI is InChI=1S/C15H24N2O2S/c1-12-3-2-4-15(12)10-17-20(18,19)11-14-7-5-13(9-16)6-8-14/h5-8,12,15,17H,2-4,9-11,16H2,1H3. The number of benzene rings is 1. The molecule has 0 bridgehead atoms. The van der Waals surface area contributed by atoms with Gasteiger partial charge in [-0.3, -0.25) is 0 Å². The van der Waals surface area contributed by atoms with Gasteiger partial charge in [0.15, 0.2) is 0 Å². The van der Waals surface area contributed by atoms with Gasteiger partial charge in [-0.1, -0.05) is 44.0 Å². The van der Waals surface area contributed by atoms with E-state index < -0.39 is 10.0 Å². The third-order valence-electron chi connectivity index (χ3n) is 4.22. The molecule has 0 radical (unpaired) electrons. The molecule has 0 heterocycles. The Morgan fingerprint density at radius 1 is 1.20 bits per heavy atom. The molecule has 4 nitrogen and oxygen atoms in total. The lowest BCUT2D eigenvalue weighted by Gasteiger charge is -2.16. The van der Waals surface area contributed by atoms with Crippen LogP contribution in [-0.2, 0) is 22.3 Å². The lowest BCUT2D eigenvalue weighted by Crippen LogP contribution is -2.31. The van der Waals surface area contributed by atoms with Crippen LogP contribution < -0.4 is 10.5 Å². The first-order valence-electron chi connectivity index (χ1n) is 7.25. The topological polar surface area (TPSA) is 72.2 Å². The molecular formula is C15H24N2O2S. The highest BCUT2D eigenvalue weighted by Gasteiger charge is 2.24. The summed E-state index contributed by atoms with van der Waals surface area (Å²) in [5.41, 5.74) is 7.34. The summed E-state index contributed by atoms with van der Waals surface area (Å²) in [6, 6.07) is 7.42. The van der Waals surface area contributed by atoms with Gasteiger partial charge in [-0.25, -0.2) is 13.1 Å². The van der Waals surface area contributed by atoms with Crippen molar-refractivity contribution in [1.82, 2.24) is 4.72 Å². The number of rotatable bonds is 6. The van der Waals surface area contributed by atoms with Crippen LogP contribution in [0.3, 0.4) is 0 Å². The minimum absolute atomic E-state index is 0.0406. The largest absolute Gasteiger partial charge is 0.326 e. The second-order valence-corrected chi connectivity index (χ2v) is 7.60. The maximum atomic E-state index is 12.1. The first kappa shape index (κ1) is 15.5. The summed E-state index contributed by atoms with van der Waals surface area (Å²) in [5, 5.41) is 0. The van der Waals surface area contributed by atoms with Gasteiger partial charge in [-0.05, 0) is 29.4 Å². The summed E-state index contributed by atoms with van der Waals surface area (Å²) in [4.78, 5) is 0. The Bertz CT molecular complexity index is 525. The molecule has 5 heteroatoms. The summed E-state index contributed by atoms with van der Waals surface area (Å²) in [6.07, 6.45) is 3.57. The van der Waals surface area contributed by atoms with E-state index in [1.54, 1.807) is 0 Å². The van der Waals surface area contributed by atoms with Crippen LogP contribution in [0, 0.1) is 11.8 Å². The van der Waals surface area contributed by atoms with E-state index in [1.807, 2.05) is 24.3 Å². The van der Waals surface area contributed by atoms with Crippen LogP contribution >= 0.6 is 0 Å². The summed E-state index contributed by atoms with van der Waals surface area (Å²) in [7, 11) is -3.25. The van der Waals surface area contributed by atoms with Gasteiger partial charge in [0.1, 0.15) is 0 Å². The zero-order valence-corrected chi connectivity index (χ0v) is 12.8. The molecule has 2 atom stereocenters. The minimum Gasteiger partial charge on any atom is -0.326 e. The first-order valence-corrected chi connectivity index (χ1v) is 8.90. The van der Waals surface area contributed by atoms with Crippen molar-refractivity contribution in [2.75, 3.05) is 6.54 Å². The zero-order chi connectivity index (χ0) is 14.6. The first-order chi connectivity index (χ1) is 9.50. The number of hydrogen-bond acceptors (Lipinski definition) is 3. The Kier molecular flexibility index (Phi) is 5.18. The van der Waals surface area contributed by atoms with Crippen molar-refractivity contribution in [3.05, 3.63) is 35.4 Å². The van der Waals surface area contributed by atoms with Crippen LogP contribution in [0.25, 0.3) is 0 Å². The molecule has 112 valence electrons. The molecule has 0 aromatic heterocycles. The molecule has 1 aromatic carbocycles. The Hall–Kier alpha value is -0.910. The van der Waals surface area contributed by atoms with Crippen molar-refractivity contribution in [3.8, 4) is 0 Å². The van der Waals surface area contributed by atoms with Crippen molar-refractivity contribution in [3.63, 3.8) is 0 Å². The molecule has 3 N–H and O–H groups in total. The zero-order valence-electron chi connectivity index (χ0n) is 12.0. The van der Waals surface area contributed by atoms with Crippen molar-refractivity contribution < 1.29 is 8.42 Å². The Balaban J connectivity index is 1.89. The molecule has 0 saturated heterocycles. The van der Waals surface area contributed by atoms with E-state index >= 15 is 0 Å². The van der Waals surface area contributed by atoms with Gasteiger partial charge in [-0.15, -0.1) is 0 Å². The summed E-state index contributed by atoms with van der Waals surface area (Å²) in [5.74, 6) is 1.16. The van der Waals surface area contributed by atoms with Crippen LogP contribution in [0.4, 0.5) is 0 Å². The van der Waals surface area contributed by atoms with E-state index in [9.17, 15) is 8.42 Å². The molecule has 1 aromatic rings. The Morgan fingerprint density at radius 3 is 2.40 bits per heavy atom. The molecule has 0 amide bonds. The summed E-state index contributed by atoms with van der Waals surface area (Å²) < 4.78 is 26.9. The monoisotopic (exact) mass is 296 g/mol. The smallest absolute Gasteiger partial charge is 0.215 e. The van der Waals surface area contributed by atoms with Gasteiger partial charge in [0.05, 0.1) is 5.75 Å². The quantitative estimate of drug-likeness (QED) is 0.843. The third-order valence-corrected chi connectivity index (χ3v) is 5.54. The van der Waals surface area contributed by atoms with Gasteiger partial charge in [0.25, 0.3) is 0 Å².